The molecule has 0 saturated carbocycles. The number of fused-ring (bicyclic) bond motifs is 1. The minimum atomic E-state index is -3.32. The number of ether oxygens (including phenoxy) is 1. The van der Waals surface area contributed by atoms with Crippen molar-refractivity contribution in [3.05, 3.63) is 47.5 Å². The van der Waals surface area contributed by atoms with E-state index in [9.17, 15) is 13.2 Å². The molecule has 192 valence electrons. The van der Waals surface area contributed by atoms with Crippen LogP contribution >= 0.6 is 11.3 Å². The van der Waals surface area contributed by atoms with Gasteiger partial charge in [0.25, 0.3) is 0 Å². The first-order chi connectivity index (χ1) is 17.1. The molecule has 0 radical (unpaired) electrons. The van der Waals surface area contributed by atoms with Gasteiger partial charge in [0.15, 0.2) is 0 Å². The summed E-state index contributed by atoms with van der Waals surface area (Å²) >= 11 is 1.50. The predicted octanol–water partition coefficient (Wildman–Crippen LogP) is 3.67. The molecule has 1 aliphatic carbocycles. The van der Waals surface area contributed by atoms with Crippen LogP contribution in [-0.4, -0.2) is 43.4 Å². The van der Waals surface area contributed by atoms with E-state index in [1.807, 2.05) is 50.2 Å². The van der Waals surface area contributed by atoms with Crippen molar-refractivity contribution in [2.45, 2.75) is 51.7 Å². The van der Waals surface area contributed by atoms with Gasteiger partial charge in [-0.05, 0) is 62.4 Å². The third kappa shape index (κ3) is 6.40. The third-order valence-corrected chi connectivity index (χ3v) is 7.57. The molecule has 1 aliphatic rings. The Kier molecular flexibility index (Phi) is 7.91. The van der Waals surface area contributed by atoms with Crippen LogP contribution in [0, 0.1) is 0 Å². The Labute approximate surface area is 215 Å². The Balaban J connectivity index is 1.52. The zero-order chi connectivity index (χ0) is 25.9. The number of nitrogens with two attached hydrogens (primary N) is 1. The number of carbonyl (C=O) groups excluding carboxylic acids is 1. The minimum Gasteiger partial charge on any atom is -0.489 e. The molecule has 0 bridgehead atoms. The molecular formula is C25H31N5O4S2. The maximum Gasteiger partial charge on any atom is 0.221 e. The van der Waals surface area contributed by atoms with Crippen LogP contribution in [0.5, 0.6) is 5.75 Å². The molecule has 3 aromatic rings. The molecule has 1 aromatic heterocycles. The Hall–Kier alpha value is -3.02. The largest absolute Gasteiger partial charge is 0.489 e. The smallest absolute Gasteiger partial charge is 0.221 e. The van der Waals surface area contributed by atoms with Crippen molar-refractivity contribution in [1.29, 1.82) is 0 Å². The number of hydrogen-bond acceptors (Lipinski definition) is 8. The second-order valence-electron chi connectivity index (χ2n) is 9.13. The first-order valence-corrected chi connectivity index (χ1v) is 14.6. The van der Waals surface area contributed by atoms with Crippen LogP contribution < -0.4 is 20.5 Å². The fourth-order valence-electron chi connectivity index (χ4n) is 4.31. The number of anilines is 1. The lowest BCUT2D eigenvalue weighted by molar-refractivity contribution is -0.121. The van der Waals surface area contributed by atoms with Crippen LogP contribution in [0.4, 0.5) is 5.69 Å². The first kappa shape index (κ1) is 26.1. The van der Waals surface area contributed by atoms with E-state index in [1.54, 1.807) is 0 Å². The van der Waals surface area contributed by atoms with Crippen LogP contribution in [0.1, 0.15) is 50.3 Å². The van der Waals surface area contributed by atoms with Gasteiger partial charge < -0.3 is 15.8 Å². The molecule has 1 unspecified atom stereocenters. The number of carbonyl (C=O) groups is 1. The molecule has 0 fully saturated rings. The Morgan fingerprint density at radius 3 is 2.72 bits per heavy atom. The topological polar surface area (TPSA) is 136 Å². The lowest BCUT2D eigenvalue weighted by Gasteiger charge is -2.27. The van der Waals surface area contributed by atoms with Crippen molar-refractivity contribution >= 4 is 33.0 Å². The number of aromatic nitrogens is 2. The standard InChI is InChI=1S/C25H31N5O4S2/c1-15(2)34-22-11-10-16(14-20(22)26)24-29-30-25(35-24)19-8-4-7-18-17(19)6-5-9-21(18)28-23(31)12-13-27-36(3,32)33/h4,7-8,10-11,14-15,21,27H,5-6,9,12-13,26H2,1-3H3,(H,28,31). The molecule has 1 amide bonds. The van der Waals surface area contributed by atoms with E-state index in [4.69, 9.17) is 10.5 Å². The number of sulfonamides is 1. The lowest BCUT2D eigenvalue weighted by Crippen LogP contribution is -2.34. The molecule has 0 saturated heterocycles. The molecule has 1 heterocycles. The zero-order valence-electron chi connectivity index (χ0n) is 20.6. The molecule has 9 nitrogen and oxygen atoms in total. The van der Waals surface area contributed by atoms with Gasteiger partial charge in [0.2, 0.25) is 15.9 Å². The summed E-state index contributed by atoms with van der Waals surface area (Å²) in [5.41, 5.74) is 10.9. The maximum atomic E-state index is 12.4. The zero-order valence-corrected chi connectivity index (χ0v) is 22.2. The second-order valence-corrected chi connectivity index (χ2v) is 11.9. The first-order valence-electron chi connectivity index (χ1n) is 11.9. The number of nitrogens with zero attached hydrogens (tertiary/aromatic N) is 2. The molecular weight excluding hydrogens is 498 g/mol. The van der Waals surface area contributed by atoms with E-state index in [0.717, 1.165) is 57.8 Å². The number of nitrogen functional groups attached to an aromatic ring is 1. The third-order valence-electron chi connectivity index (χ3n) is 5.83. The van der Waals surface area contributed by atoms with Gasteiger partial charge in [0.1, 0.15) is 15.8 Å². The molecule has 36 heavy (non-hydrogen) atoms. The normalized spacial score (nSPS) is 15.5. The summed E-state index contributed by atoms with van der Waals surface area (Å²) in [7, 11) is -3.32. The molecule has 0 spiro atoms. The Morgan fingerprint density at radius 2 is 2.00 bits per heavy atom. The van der Waals surface area contributed by atoms with Crippen molar-refractivity contribution in [3.63, 3.8) is 0 Å². The summed E-state index contributed by atoms with van der Waals surface area (Å²) < 4.78 is 30.6. The number of amides is 1. The summed E-state index contributed by atoms with van der Waals surface area (Å²) in [5.74, 6) is 0.464. The number of nitrogens with one attached hydrogen (secondary N) is 2. The van der Waals surface area contributed by atoms with Crippen molar-refractivity contribution < 1.29 is 17.9 Å². The highest BCUT2D eigenvalue weighted by molar-refractivity contribution is 7.88. The SMILES string of the molecule is CC(C)Oc1ccc(-c2nnc(-c3cccc4c3CCCC4NC(=O)CCNS(C)(=O)=O)s2)cc1N. The Bertz CT molecular complexity index is 1350. The van der Waals surface area contributed by atoms with Gasteiger partial charge in [-0.2, -0.15) is 0 Å². The predicted molar refractivity (Wildman–Crippen MR) is 142 cm³/mol. The maximum absolute atomic E-state index is 12.4. The fourth-order valence-corrected chi connectivity index (χ4v) is 5.67. The van der Waals surface area contributed by atoms with Crippen LogP contribution in [0.3, 0.4) is 0 Å². The molecule has 2 aromatic carbocycles. The van der Waals surface area contributed by atoms with Crippen LogP contribution in [0.2, 0.25) is 0 Å². The summed E-state index contributed by atoms with van der Waals surface area (Å²) in [6, 6.07) is 11.6. The summed E-state index contributed by atoms with van der Waals surface area (Å²) in [4.78, 5) is 12.4. The summed E-state index contributed by atoms with van der Waals surface area (Å²) in [6.45, 7) is 3.99. The highest BCUT2D eigenvalue weighted by atomic mass is 32.2. The van der Waals surface area contributed by atoms with E-state index in [1.165, 1.54) is 11.3 Å². The Morgan fingerprint density at radius 1 is 1.22 bits per heavy atom. The van der Waals surface area contributed by atoms with Gasteiger partial charge in [0.05, 0.1) is 24.1 Å². The monoisotopic (exact) mass is 529 g/mol. The fraction of sp³-hybridized carbons (Fsp3) is 0.400. The summed E-state index contributed by atoms with van der Waals surface area (Å²) in [6.07, 6.45) is 3.84. The number of hydrogen-bond donors (Lipinski definition) is 3. The van der Waals surface area contributed by atoms with E-state index < -0.39 is 10.0 Å². The van der Waals surface area contributed by atoms with Gasteiger partial charge in [-0.25, -0.2) is 13.1 Å². The highest BCUT2D eigenvalue weighted by Gasteiger charge is 2.25. The van der Waals surface area contributed by atoms with Gasteiger partial charge in [-0.15, -0.1) is 10.2 Å². The van der Waals surface area contributed by atoms with Gasteiger partial charge >= 0.3 is 0 Å². The highest BCUT2D eigenvalue weighted by Crippen LogP contribution is 2.39. The molecule has 0 aliphatic heterocycles. The van der Waals surface area contributed by atoms with E-state index >= 15 is 0 Å². The minimum absolute atomic E-state index is 0.0355. The average Bonchev–Trinajstić information content (AvgIpc) is 3.29. The molecule has 4 N–H and O–H groups in total. The lowest BCUT2D eigenvalue weighted by atomic mass is 9.85. The molecule has 11 heteroatoms. The molecule has 1 atom stereocenters. The van der Waals surface area contributed by atoms with Crippen LogP contribution in [0.25, 0.3) is 21.1 Å². The van der Waals surface area contributed by atoms with Gasteiger partial charge in [-0.3, -0.25) is 4.79 Å². The van der Waals surface area contributed by atoms with Crippen molar-refractivity contribution in [1.82, 2.24) is 20.2 Å². The number of rotatable bonds is 9. The van der Waals surface area contributed by atoms with Crippen molar-refractivity contribution in [3.8, 4) is 26.9 Å². The molecule has 4 rings (SSSR count). The van der Waals surface area contributed by atoms with Crippen LogP contribution in [0.15, 0.2) is 36.4 Å². The van der Waals surface area contributed by atoms with Gasteiger partial charge in [0, 0.05) is 24.1 Å². The summed E-state index contributed by atoms with van der Waals surface area (Å²) in [5, 5.41) is 13.5. The van der Waals surface area contributed by atoms with Crippen LogP contribution in [-0.2, 0) is 21.2 Å². The average molecular weight is 530 g/mol. The quantitative estimate of drug-likeness (QED) is 0.360. The second kappa shape index (κ2) is 10.9. The van der Waals surface area contributed by atoms with E-state index in [2.05, 4.69) is 20.2 Å². The van der Waals surface area contributed by atoms with E-state index in [-0.39, 0.29) is 31.0 Å². The van der Waals surface area contributed by atoms with Crippen molar-refractivity contribution in [2.24, 2.45) is 0 Å². The number of benzene rings is 2. The van der Waals surface area contributed by atoms with E-state index in [0.29, 0.717) is 11.4 Å². The van der Waals surface area contributed by atoms with Gasteiger partial charge in [-0.1, -0.05) is 29.5 Å². The van der Waals surface area contributed by atoms with Crippen molar-refractivity contribution in [2.75, 3.05) is 18.5 Å².